The smallest absolute Gasteiger partial charge is 0.327 e. The van der Waals surface area contributed by atoms with E-state index in [-0.39, 0.29) is 31.1 Å². The van der Waals surface area contributed by atoms with Crippen LogP contribution in [0.1, 0.15) is 20.8 Å². The summed E-state index contributed by atoms with van der Waals surface area (Å²) in [6.45, 7) is 4.51. The minimum absolute atomic E-state index is 0.0178. The van der Waals surface area contributed by atoms with Crippen LogP contribution in [0, 0.1) is 0 Å². The first kappa shape index (κ1) is 27.5. The summed E-state index contributed by atoms with van der Waals surface area (Å²) in [7, 11) is -4.27. The van der Waals surface area contributed by atoms with Gasteiger partial charge in [-0.3, -0.25) is 9.10 Å². The molecule has 13 heteroatoms. The number of benzene rings is 2. The van der Waals surface area contributed by atoms with Gasteiger partial charge in [0.1, 0.15) is 23.1 Å². The zero-order valence-corrected chi connectivity index (χ0v) is 23.6. The molecule has 0 N–H and O–H groups in total. The Bertz CT molecular complexity index is 1580. The molecule has 0 atom stereocenters. The molecule has 0 aliphatic carbocycles. The molecule has 0 saturated heterocycles. The molecular weight excluding hydrogens is 582 g/mol. The van der Waals surface area contributed by atoms with Gasteiger partial charge in [0.05, 0.1) is 16.1 Å². The van der Waals surface area contributed by atoms with E-state index in [0.717, 1.165) is 4.31 Å². The average molecular weight is 602 g/mol. The number of nitrogens with zero attached hydrogens (tertiary/aromatic N) is 4. The molecule has 4 aromatic rings. The summed E-state index contributed by atoms with van der Waals surface area (Å²) in [5.41, 5.74) is 0.105. The lowest BCUT2D eigenvalue weighted by Crippen LogP contribution is -2.39. The first-order valence-corrected chi connectivity index (χ1v) is 13.7. The Labute approximate surface area is 233 Å². The Morgan fingerprint density at radius 3 is 2.27 bits per heavy atom. The monoisotopic (exact) mass is 600 g/mol. The van der Waals surface area contributed by atoms with Gasteiger partial charge in [-0.25, -0.2) is 13.4 Å². The summed E-state index contributed by atoms with van der Waals surface area (Å²) in [5.74, 6) is -0.299. The number of halogens is 4. The van der Waals surface area contributed by atoms with Crippen molar-refractivity contribution in [3.8, 4) is 5.82 Å². The fourth-order valence-corrected chi connectivity index (χ4v) is 6.12. The molecule has 0 saturated carbocycles. The quantitative estimate of drug-likeness (QED) is 0.141. The number of rotatable bonds is 6. The lowest BCUT2D eigenvalue weighted by atomic mass is 10.2. The van der Waals surface area contributed by atoms with E-state index >= 15 is 0 Å². The molecule has 4 rings (SSSR count). The minimum Gasteiger partial charge on any atom is -0.459 e. The van der Waals surface area contributed by atoms with Crippen LogP contribution < -0.4 is 4.31 Å². The normalized spacial score (nSPS) is 12.1. The van der Waals surface area contributed by atoms with Crippen molar-refractivity contribution in [2.45, 2.75) is 31.3 Å². The number of sulfonamides is 1. The molecule has 0 unspecified atom stereocenters. The third-order valence-corrected chi connectivity index (χ3v) is 7.53. The van der Waals surface area contributed by atoms with Gasteiger partial charge < -0.3 is 9.30 Å². The van der Waals surface area contributed by atoms with Crippen molar-refractivity contribution in [2.24, 2.45) is 0 Å². The van der Waals surface area contributed by atoms with E-state index in [1.54, 1.807) is 61.9 Å². The Balaban J connectivity index is 1.81. The topological polar surface area (TPSA) is 94.4 Å². The summed E-state index contributed by atoms with van der Waals surface area (Å²) in [6, 6.07) is 12.1. The highest BCUT2D eigenvalue weighted by atomic mass is 35.5. The molecule has 37 heavy (non-hydrogen) atoms. The summed E-state index contributed by atoms with van der Waals surface area (Å²) in [6.07, 6.45) is 1.73. The molecular formula is C24H20Cl4N4O4S. The Morgan fingerprint density at radius 2 is 1.65 bits per heavy atom. The van der Waals surface area contributed by atoms with Crippen LogP contribution in [0.15, 0.2) is 59.6 Å². The van der Waals surface area contributed by atoms with Crippen LogP contribution in [0.4, 0.5) is 5.69 Å². The van der Waals surface area contributed by atoms with Crippen molar-refractivity contribution in [2.75, 3.05) is 10.8 Å². The SMILES string of the molecule is CC(C)(C)OC(=O)CN(c1ccc2c(ccn2-c2cc(Cl)nc(Cl)n2)c1)S(=O)(=O)c1cc(Cl)cc(Cl)c1. The molecule has 0 amide bonds. The number of fused-ring (bicyclic) bond motifs is 1. The van der Waals surface area contributed by atoms with Crippen molar-refractivity contribution in [3.63, 3.8) is 0 Å². The highest BCUT2D eigenvalue weighted by Crippen LogP contribution is 2.31. The van der Waals surface area contributed by atoms with Gasteiger partial charge in [-0.15, -0.1) is 0 Å². The van der Waals surface area contributed by atoms with E-state index in [1.165, 1.54) is 18.2 Å². The zero-order chi connectivity index (χ0) is 27.1. The molecule has 8 nitrogen and oxygen atoms in total. The Morgan fingerprint density at radius 1 is 0.973 bits per heavy atom. The number of hydrogen-bond donors (Lipinski definition) is 0. The molecule has 0 radical (unpaired) electrons. The van der Waals surface area contributed by atoms with Crippen LogP contribution in [-0.4, -0.2) is 41.1 Å². The van der Waals surface area contributed by atoms with Crippen molar-refractivity contribution in [1.82, 2.24) is 14.5 Å². The predicted octanol–water partition coefficient (Wildman–Crippen LogP) is 6.57. The molecule has 0 aliphatic rings. The molecule has 0 fully saturated rings. The van der Waals surface area contributed by atoms with Gasteiger partial charge >= 0.3 is 5.97 Å². The van der Waals surface area contributed by atoms with Crippen LogP contribution in [-0.2, 0) is 19.6 Å². The number of anilines is 1. The fourth-order valence-electron chi connectivity index (χ4n) is 3.60. The standard InChI is InChI=1S/C24H20Cl4N4O4S/c1-24(2,3)36-22(33)13-32(37(34,35)18-10-15(25)9-16(26)11-18)17-4-5-19-14(8-17)6-7-31(19)21-12-20(27)29-23(28)30-21/h4-12H,13H2,1-3H3. The molecule has 2 heterocycles. The van der Waals surface area contributed by atoms with Gasteiger partial charge in [-0.05, 0) is 74.8 Å². The average Bonchev–Trinajstić information content (AvgIpc) is 3.18. The fraction of sp³-hybridized carbons (Fsp3) is 0.208. The number of carbonyl (C=O) groups is 1. The van der Waals surface area contributed by atoms with E-state index in [1.807, 2.05) is 0 Å². The third-order valence-electron chi connectivity index (χ3n) is 4.98. The number of hydrogen-bond acceptors (Lipinski definition) is 6. The number of esters is 1. The van der Waals surface area contributed by atoms with Gasteiger partial charge in [0.2, 0.25) is 5.28 Å². The van der Waals surface area contributed by atoms with E-state index in [4.69, 9.17) is 51.1 Å². The van der Waals surface area contributed by atoms with Crippen LogP contribution in [0.5, 0.6) is 0 Å². The minimum atomic E-state index is -4.27. The van der Waals surface area contributed by atoms with Gasteiger partial charge in [0, 0.05) is 27.7 Å². The molecule has 0 aliphatic heterocycles. The van der Waals surface area contributed by atoms with Gasteiger partial charge in [-0.1, -0.05) is 34.8 Å². The maximum atomic E-state index is 13.7. The van der Waals surface area contributed by atoms with E-state index in [0.29, 0.717) is 16.7 Å². The largest absolute Gasteiger partial charge is 0.459 e. The first-order valence-electron chi connectivity index (χ1n) is 10.8. The van der Waals surface area contributed by atoms with Crippen LogP contribution >= 0.6 is 46.4 Å². The second kappa shape index (κ2) is 10.3. The van der Waals surface area contributed by atoms with Crippen LogP contribution in [0.3, 0.4) is 0 Å². The number of aromatic nitrogens is 3. The number of carbonyl (C=O) groups excluding carboxylic acids is 1. The second-order valence-corrected chi connectivity index (χ2v) is 12.4. The van der Waals surface area contributed by atoms with E-state index in [2.05, 4.69) is 9.97 Å². The molecule has 0 bridgehead atoms. The highest BCUT2D eigenvalue weighted by Gasteiger charge is 2.30. The Hall–Kier alpha value is -2.56. The van der Waals surface area contributed by atoms with Crippen molar-refractivity contribution in [3.05, 3.63) is 75.2 Å². The summed E-state index contributed by atoms with van der Waals surface area (Å²) < 4.78 is 35.5. The third kappa shape index (κ3) is 6.30. The maximum absolute atomic E-state index is 13.7. The molecule has 2 aromatic heterocycles. The van der Waals surface area contributed by atoms with E-state index < -0.39 is 28.1 Å². The van der Waals surface area contributed by atoms with Gasteiger partial charge in [0.25, 0.3) is 10.0 Å². The molecule has 194 valence electrons. The van der Waals surface area contributed by atoms with Gasteiger partial charge in [0.15, 0.2) is 0 Å². The van der Waals surface area contributed by atoms with Crippen LogP contribution in [0.2, 0.25) is 20.5 Å². The summed E-state index contributed by atoms with van der Waals surface area (Å²) >= 11 is 24.1. The molecule has 2 aromatic carbocycles. The summed E-state index contributed by atoms with van der Waals surface area (Å²) in [5, 5.41) is 1.09. The van der Waals surface area contributed by atoms with Crippen molar-refractivity contribution >= 4 is 79.0 Å². The second-order valence-electron chi connectivity index (χ2n) is 8.95. The lowest BCUT2D eigenvalue weighted by Gasteiger charge is -2.26. The summed E-state index contributed by atoms with van der Waals surface area (Å²) in [4.78, 5) is 20.6. The van der Waals surface area contributed by atoms with Crippen LogP contribution in [0.25, 0.3) is 16.7 Å². The highest BCUT2D eigenvalue weighted by molar-refractivity contribution is 7.92. The zero-order valence-electron chi connectivity index (χ0n) is 19.7. The molecule has 0 spiro atoms. The lowest BCUT2D eigenvalue weighted by molar-refractivity contribution is -0.152. The maximum Gasteiger partial charge on any atom is 0.327 e. The first-order chi connectivity index (χ1) is 17.2. The Kier molecular flexibility index (Phi) is 7.65. The predicted molar refractivity (Wildman–Crippen MR) is 146 cm³/mol. The van der Waals surface area contributed by atoms with Crippen molar-refractivity contribution in [1.29, 1.82) is 0 Å². The number of ether oxygens (including phenoxy) is 1. The van der Waals surface area contributed by atoms with E-state index in [9.17, 15) is 13.2 Å². The van der Waals surface area contributed by atoms with Gasteiger partial charge in [-0.2, -0.15) is 4.98 Å². The van der Waals surface area contributed by atoms with Crippen molar-refractivity contribution < 1.29 is 17.9 Å².